The van der Waals surface area contributed by atoms with Crippen LogP contribution in [0.4, 0.5) is 5.69 Å². The van der Waals surface area contributed by atoms with E-state index < -0.39 is 5.60 Å². The standard InChI is InChI=1S/C13H11BrN2O2S/c1-13(12-15-4-5-19-12)9-6-8(14)2-3-10(9)16-11(17)7-18-13/h2-6H,7H2,1H3,(H,16,17). The summed E-state index contributed by atoms with van der Waals surface area (Å²) in [7, 11) is 0. The van der Waals surface area contributed by atoms with E-state index in [1.807, 2.05) is 30.5 Å². The molecule has 0 saturated heterocycles. The average molecular weight is 339 g/mol. The first-order valence-electron chi connectivity index (χ1n) is 5.73. The lowest BCUT2D eigenvalue weighted by Gasteiger charge is -2.27. The van der Waals surface area contributed by atoms with Crippen molar-refractivity contribution in [3.63, 3.8) is 0 Å². The highest BCUT2D eigenvalue weighted by molar-refractivity contribution is 9.10. The van der Waals surface area contributed by atoms with Crippen molar-refractivity contribution in [2.75, 3.05) is 11.9 Å². The van der Waals surface area contributed by atoms with Gasteiger partial charge in [-0.1, -0.05) is 15.9 Å². The summed E-state index contributed by atoms with van der Waals surface area (Å²) < 4.78 is 6.78. The van der Waals surface area contributed by atoms with Crippen LogP contribution in [0.25, 0.3) is 0 Å². The molecule has 6 heteroatoms. The molecule has 1 aliphatic rings. The number of thiazole rings is 1. The van der Waals surface area contributed by atoms with Crippen LogP contribution in [0.15, 0.2) is 34.2 Å². The van der Waals surface area contributed by atoms with Crippen LogP contribution in [0.1, 0.15) is 17.5 Å². The Balaban J connectivity index is 2.21. The molecule has 4 nitrogen and oxygen atoms in total. The monoisotopic (exact) mass is 338 g/mol. The average Bonchev–Trinajstić information content (AvgIpc) is 2.89. The van der Waals surface area contributed by atoms with Crippen LogP contribution >= 0.6 is 27.3 Å². The van der Waals surface area contributed by atoms with Gasteiger partial charge in [0.2, 0.25) is 5.91 Å². The normalized spacial score (nSPS) is 22.5. The van der Waals surface area contributed by atoms with Gasteiger partial charge >= 0.3 is 0 Å². The molecule has 1 atom stereocenters. The molecule has 0 radical (unpaired) electrons. The van der Waals surface area contributed by atoms with Gasteiger partial charge < -0.3 is 10.1 Å². The number of ether oxygens (including phenoxy) is 1. The van der Waals surface area contributed by atoms with E-state index in [-0.39, 0.29) is 12.5 Å². The second-order valence-corrected chi connectivity index (χ2v) is 6.21. The Hall–Kier alpha value is -1.24. The number of anilines is 1. The maximum absolute atomic E-state index is 11.7. The number of rotatable bonds is 1. The molecular formula is C13H11BrN2O2S. The fraction of sp³-hybridized carbons (Fsp3) is 0.231. The summed E-state index contributed by atoms with van der Waals surface area (Å²) in [4.78, 5) is 16.1. The van der Waals surface area contributed by atoms with E-state index in [0.29, 0.717) is 0 Å². The molecule has 19 heavy (non-hydrogen) atoms. The number of benzene rings is 1. The highest BCUT2D eigenvalue weighted by atomic mass is 79.9. The molecular weight excluding hydrogens is 328 g/mol. The van der Waals surface area contributed by atoms with Gasteiger partial charge in [0.25, 0.3) is 0 Å². The van der Waals surface area contributed by atoms with Gasteiger partial charge in [-0.2, -0.15) is 0 Å². The number of halogens is 1. The fourth-order valence-corrected chi connectivity index (χ4v) is 3.26. The smallest absolute Gasteiger partial charge is 0.250 e. The molecule has 0 fully saturated rings. The molecule has 1 unspecified atom stereocenters. The van der Waals surface area contributed by atoms with E-state index in [9.17, 15) is 4.79 Å². The lowest BCUT2D eigenvalue weighted by Crippen LogP contribution is -2.28. The Kier molecular flexibility index (Phi) is 3.16. The molecule has 0 saturated carbocycles. The summed E-state index contributed by atoms with van der Waals surface area (Å²) in [5, 5.41) is 5.60. The molecule has 2 heterocycles. The first kappa shape index (κ1) is 12.8. The lowest BCUT2D eigenvalue weighted by atomic mass is 9.94. The molecule has 3 rings (SSSR count). The molecule has 1 N–H and O–H groups in total. The molecule has 98 valence electrons. The first-order chi connectivity index (χ1) is 9.09. The zero-order valence-electron chi connectivity index (χ0n) is 10.1. The fourth-order valence-electron chi connectivity index (χ4n) is 2.13. The maximum Gasteiger partial charge on any atom is 0.250 e. The van der Waals surface area contributed by atoms with Crippen molar-refractivity contribution in [3.8, 4) is 0 Å². The highest BCUT2D eigenvalue weighted by Gasteiger charge is 2.38. The number of hydrogen-bond donors (Lipinski definition) is 1. The predicted molar refractivity (Wildman–Crippen MR) is 77.3 cm³/mol. The van der Waals surface area contributed by atoms with Gasteiger partial charge in [-0.25, -0.2) is 4.98 Å². The third-order valence-corrected chi connectivity index (χ3v) is 4.57. The van der Waals surface area contributed by atoms with Gasteiger partial charge in [0.05, 0.1) is 0 Å². The van der Waals surface area contributed by atoms with Gasteiger partial charge in [0.1, 0.15) is 17.2 Å². The third kappa shape index (κ3) is 2.20. The first-order valence-corrected chi connectivity index (χ1v) is 7.41. The van der Waals surface area contributed by atoms with Crippen molar-refractivity contribution in [2.45, 2.75) is 12.5 Å². The summed E-state index contributed by atoms with van der Waals surface area (Å²) in [5.74, 6) is -0.149. The Morgan fingerprint density at radius 3 is 3.11 bits per heavy atom. The van der Waals surface area contributed by atoms with Gasteiger partial charge in [-0.05, 0) is 25.1 Å². The lowest BCUT2D eigenvalue weighted by molar-refractivity contribution is -0.124. The number of carbonyl (C=O) groups excluding carboxylic acids is 1. The van der Waals surface area contributed by atoms with Crippen molar-refractivity contribution in [1.29, 1.82) is 0 Å². The Bertz CT molecular complexity index is 630. The topological polar surface area (TPSA) is 51.2 Å². The largest absolute Gasteiger partial charge is 0.353 e. The van der Waals surface area contributed by atoms with Crippen molar-refractivity contribution < 1.29 is 9.53 Å². The van der Waals surface area contributed by atoms with E-state index in [1.54, 1.807) is 6.20 Å². The summed E-state index contributed by atoms with van der Waals surface area (Å²) in [6, 6.07) is 5.73. The number of aromatic nitrogens is 1. The molecule has 1 aliphatic heterocycles. The van der Waals surface area contributed by atoms with Crippen LogP contribution in [0.3, 0.4) is 0 Å². The summed E-state index contributed by atoms with van der Waals surface area (Å²) in [6.07, 6.45) is 1.74. The number of hydrogen-bond acceptors (Lipinski definition) is 4. The molecule has 0 spiro atoms. The van der Waals surface area contributed by atoms with Crippen LogP contribution in [0.2, 0.25) is 0 Å². The van der Waals surface area contributed by atoms with Gasteiger partial charge in [-0.3, -0.25) is 4.79 Å². The van der Waals surface area contributed by atoms with Crippen LogP contribution in [-0.2, 0) is 15.1 Å². The molecule has 1 aromatic carbocycles. The number of carbonyl (C=O) groups is 1. The van der Waals surface area contributed by atoms with Gasteiger partial charge in [-0.15, -0.1) is 11.3 Å². The van der Waals surface area contributed by atoms with Crippen LogP contribution in [0.5, 0.6) is 0 Å². The summed E-state index contributed by atoms with van der Waals surface area (Å²) in [6.45, 7) is 1.96. The molecule has 1 aromatic heterocycles. The minimum Gasteiger partial charge on any atom is -0.353 e. The Morgan fingerprint density at radius 2 is 2.37 bits per heavy atom. The number of amides is 1. The minimum absolute atomic E-state index is 0.0162. The van der Waals surface area contributed by atoms with Crippen molar-refractivity contribution in [1.82, 2.24) is 4.98 Å². The number of nitrogens with zero attached hydrogens (tertiary/aromatic N) is 1. The molecule has 1 amide bonds. The van der Waals surface area contributed by atoms with E-state index >= 15 is 0 Å². The number of fused-ring (bicyclic) bond motifs is 1. The molecule has 0 aliphatic carbocycles. The maximum atomic E-state index is 11.7. The second-order valence-electron chi connectivity index (χ2n) is 4.40. The SMILES string of the molecule is CC1(c2nccs2)OCC(=O)Nc2ccc(Br)cc21. The summed E-state index contributed by atoms with van der Waals surface area (Å²) in [5.41, 5.74) is 0.956. The van der Waals surface area contributed by atoms with E-state index in [2.05, 4.69) is 26.2 Å². The Labute approximate surface area is 122 Å². The van der Waals surface area contributed by atoms with E-state index in [1.165, 1.54) is 11.3 Å². The second kappa shape index (κ2) is 4.70. The zero-order chi connectivity index (χ0) is 13.5. The Morgan fingerprint density at radius 1 is 1.53 bits per heavy atom. The summed E-state index contributed by atoms with van der Waals surface area (Å²) >= 11 is 4.98. The van der Waals surface area contributed by atoms with Gasteiger partial charge in [0, 0.05) is 27.3 Å². The van der Waals surface area contributed by atoms with Crippen molar-refractivity contribution in [2.24, 2.45) is 0 Å². The van der Waals surface area contributed by atoms with E-state index in [4.69, 9.17) is 4.74 Å². The predicted octanol–water partition coefficient (Wildman–Crippen LogP) is 3.14. The van der Waals surface area contributed by atoms with Crippen molar-refractivity contribution >= 4 is 38.9 Å². The molecule has 2 aromatic rings. The highest BCUT2D eigenvalue weighted by Crippen LogP contribution is 2.41. The van der Waals surface area contributed by atoms with E-state index in [0.717, 1.165) is 20.7 Å². The molecule has 0 bridgehead atoms. The zero-order valence-corrected chi connectivity index (χ0v) is 12.5. The van der Waals surface area contributed by atoms with Crippen molar-refractivity contribution in [3.05, 3.63) is 44.8 Å². The quantitative estimate of drug-likeness (QED) is 0.868. The van der Waals surface area contributed by atoms with Crippen LogP contribution in [0, 0.1) is 0 Å². The van der Waals surface area contributed by atoms with Gasteiger partial charge in [0.15, 0.2) is 0 Å². The minimum atomic E-state index is -0.716. The van der Waals surface area contributed by atoms with Crippen LogP contribution < -0.4 is 5.32 Å². The van der Waals surface area contributed by atoms with Crippen LogP contribution in [-0.4, -0.2) is 17.5 Å². The number of nitrogens with one attached hydrogen (secondary N) is 1. The third-order valence-electron chi connectivity index (χ3n) is 3.10.